The maximum absolute atomic E-state index is 13.0. The van der Waals surface area contributed by atoms with Crippen LogP contribution in [0, 0.1) is 5.82 Å². The fraction of sp³-hybridized carbons (Fsp3) is 0.350. The van der Waals surface area contributed by atoms with E-state index in [1.54, 1.807) is 12.1 Å². The molecule has 1 amide bonds. The van der Waals surface area contributed by atoms with Gasteiger partial charge in [-0.2, -0.15) is 13.2 Å². The topological polar surface area (TPSA) is 35.6 Å². The summed E-state index contributed by atoms with van der Waals surface area (Å²) in [6, 6.07) is 11.3. The van der Waals surface area contributed by atoms with E-state index in [0.717, 1.165) is 37.9 Å². The SMILES string of the molecule is O=C(CCN1CCN(c2ccc(F)cc2)CC1)Nc1ccccc1C(F)(F)F. The summed E-state index contributed by atoms with van der Waals surface area (Å²) >= 11 is 0. The molecule has 2 aromatic rings. The molecule has 1 heterocycles. The minimum absolute atomic E-state index is 0.114. The zero-order valence-electron chi connectivity index (χ0n) is 15.2. The van der Waals surface area contributed by atoms with Crippen molar-refractivity contribution in [3.63, 3.8) is 0 Å². The van der Waals surface area contributed by atoms with E-state index >= 15 is 0 Å². The van der Waals surface area contributed by atoms with Crippen molar-refractivity contribution in [2.24, 2.45) is 0 Å². The minimum atomic E-state index is -4.51. The molecular weight excluding hydrogens is 374 g/mol. The van der Waals surface area contributed by atoms with Gasteiger partial charge in [-0.15, -0.1) is 0 Å². The van der Waals surface area contributed by atoms with Gasteiger partial charge in [0.15, 0.2) is 0 Å². The van der Waals surface area contributed by atoms with Crippen LogP contribution >= 0.6 is 0 Å². The van der Waals surface area contributed by atoms with Gasteiger partial charge in [-0.3, -0.25) is 9.69 Å². The van der Waals surface area contributed by atoms with E-state index in [-0.39, 0.29) is 17.9 Å². The van der Waals surface area contributed by atoms with Crippen molar-refractivity contribution in [3.8, 4) is 0 Å². The van der Waals surface area contributed by atoms with E-state index in [2.05, 4.69) is 15.1 Å². The summed E-state index contributed by atoms with van der Waals surface area (Å²) in [7, 11) is 0. The summed E-state index contributed by atoms with van der Waals surface area (Å²) in [5.41, 5.74) is -0.125. The van der Waals surface area contributed by atoms with Crippen LogP contribution in [0.4, 0.5) is 28.9 Å². The quantitative estimate of drug-likeness (QED) is 0.778. The van der Waals surface area contributed by atoms with Gasteiger partial charge in [0, 0.05) is 44.8 Å². The fourth-order valence-electron chi connectivity index (χ4n) is 3.19. The number of halogens is 4. The lowest BCUT2D eigenvalue weighted by molar-refractivity contribution is -0.137. The summed E-state index contributed by atoms with van der Waals surface area (Å²) in [4.78, 5) is 16.3. The molecule has 4 nitrogen and oxygen atoms in total. The lowest BCUT2D eigenvalue weighted by Gasteiger charge is -2.36. The molecule has 8 heteroatoms. The van der Waals surface area contributed by atoms with Gasteiger partial charge in [0.05, 0.1) is 11.3 Å². The lowest BCUT2D eigenvalue weighted by atomic mass is 10.1. The molecule has 150 valence electrons. The number of alkyl halides is 3. The van der Waals surface area contributed by atoms with Gasteiger partial charge in [0.25, 0.3) is 0 Å². The van der Waals surface area contributed by atoms with E-state index in [9.17, 15) is 22.4 Å². The molecule has 0 unspecified atom stereocenters. The number of nitrogens with zero attached hydrogens (tertiary/aromatic N) is 2. The maximum atomic E-state index is 13.0. The molecular formula is C20H21F4N3O. The normalized spacial score (nSPS) is 15.5. The highest BCUT2D eigenvalue weighted by Gasteiger charge is 2.33. The number of hydrogen-bond acceptors (Lipinski definition) is 3. The Morgan fingerprint density at radius 1 is 0.964 bits per heavy atom. The Hall–Kier alpha value is -2.61. The second-order valence-electron chi connectivity index (χ2n) is 6.65. The molecule has 28 heavy (non-hydrogen) atoms. The molecule has 0 bridgehead atoms. The van der Waals surface area contributed by atoms with Gasteiger partial charge in [-0.05, 0) is 36.4 Å². The average molecular weight is 395 g/mol. The van der Waals surface area contributed by atoms with Crippen LogP contribution in [0.15, 0.2) is 48.5 Å². The number of nitrogens with one attached hydrogen (secondary N) is 1. The molecule has 0 atom stereocenters. The highest BCUT2D eigenvalue weighted by molar-refractivity contribution is 5.91. The highest BCUT2D eigenvalue weighted by atomic mass is 19.4. The largest absolute Gasteiger partial charge is 0.418 e. The molecule has 1 N–H and O–H groups in total. The van der Waals surface area contributed by atoms with Crippen LogP contribution < -0.4 is 10.2 Å². The standard InChI is InChI=1S/C20H21F4N3O/c21-15-5-7-16(8-6-15)27-13-11-26(12-14-27)10-9-19(28)25-18-4-2-1-3-17(18)20(22,23)24/h1-8H,9-14H2,(H,25,28). The van der Waals surface area contributed by atoms with Crippen molar-refractivity contribution in [2.75, 3.05) is 42.9 Å². The van der Waals surface area contributed by atoms with E-state index in [0.29, 0.717) is 6.54 Å². The molecule has 0 radical (unpaired) electrons. The Labute approximate surface area is 160 Å². The van der Waals surface area contributed by atoms with Crippen molar-refractivity contribution >= 4 is 17.3 Å². The van der Waals surface area contributed by atoms with Crippen LogP contribution in [0.25, 0.3) is 0 Å². The van der Waals surface area contributed by atoms with Gasteiger partial charge in [-0.25, -0.2) is 4.39 Å². The predicted octanol–water partition coefficient (Wildman–Crippen LogP) is 4.00. The number of rotatable bonds is 5. The highest BCUT2D eigenvalue weighted by Crippen LogP contribution is 2.34. The zero-order valence-corrected chi connectivity index (χ0v) is 15.2. The first-order valence-electron chi connectivity index (χ1n) is 9.02. The summed E-state index contributed by atoms with van der Waals surface area (Å²) in [5.74, 6) is -0.724. The Bertz CT molecular complexity index is 800. The van der Waals surface area contributed by atoms with Crippen LogP contribution in [-0.4, -0.2) is 43.5 Å². The summed E-state index contributed by atoms with van der Waals surface area (Å²) in [5, 5.41) is 2.37. The van der Waals surface area contributed by atoms with Crippen LogP contribution in [0.1, 0.15) is 12.0 Å². The third-order valence-electron chi connectivity index (χ3n) is 4.73. The first-order chi connectivity index (χ1) is 13.3. The third-order valence-corrected chi connectivity index (χ3v) is 4.73. The number of hydrogen-bond donors (Lipinski definition) is 1. The van der Waals surface area contributed by atoms with E-state index in [1.165, 1.54) is 30.3 Å². The molecule has 0 aromatic heterocycles. The van der Waals surface area contributed by atoms with Crippen LogP contribution in [0.2, 0.25) is 0 Å². The monoisotopic (exact) mass is 395 g/mol. The van der Waals surface area contributed by atoms with Crippen LogP contribution in [-0.2, 0) is 11.0 Å². The number of para-hydroxylation sites is 1. The van der Waals surface area contributed by atoms with Crippen molar-refractivity contribution in [1.29, 1.82) is 0 Å². The number of carbonyl (C=O) groups is 1. The van der Waals surface area contributed by atoms with Crippen LogP contribution in [0.5, 0.6) is 0 Å². The molecule has 0 spiro atoms. The van der Waals surface area contributed by atoms with Crippen molar-refractivity contribution in [2.45, 2.75) is 12.6 Å². The summed E-state index contributed by atoms with van der Waals surface area (Å²) in [6.45, 7) is 3.40. The van der Waals surface area contributed by atoms with Crippen molar-refractivity contribution in [3.05, 3.63) is 59.9 Å². The van der Waals surface area contributed by atoms with Gasteiger partial charge < -0.3 is 10.2 Å². The number of amides is 1. The maximum Gasteiger partial charge on any atom is 0.418 e. The fourth-order valence-corrected chi connectivity index (χ4v) is 3.19. The molecule has 1 fully saturated rings. The number of anilines is 2. The third kappa shape index (κ3) is 5.22. The number of benzene rings is 2. The smallest absolute Gasteiger partial charge is 0.369 e. The van der Waals surface area contributed by atoms with Crippen LogP contribution in [0.3, 0.4) is 0 Å². The van der Waals surface area contributed by atoms with Gasteiger partial charge in [-0.1, -0.05) is 12.1 Å². The van der Waals surface area contributed by atoms with E-state index in [1.807, 2.05) is 0 Å². The van der Waals surface area contributed by atoms with Crippen molar-refractivity contribution < 1.29 is 22.4 Å². The molecule has 0 saturated carbocycles. The second kappa shape index (κ2) is 8.60. The zero-order chi connectivity index (χ0) is 20.1. The Kier molecular flexibility index (Phi) is 6.18. The minimum Gasteiger partial charge on any atom is -0.369 e. The molecule has 1 saturated heterocycles. The van der Waals surface area contributed by atoms with Gasteiger partial charge >= 0.3 is 6.18 Å². The number of carbonyl (C=O) groups excluding carboxylic acids is 1. The summed E-state index contributed by atoms with van der Waals surface area (Å²) in [6.07, 6.45) is -4.40. The van der Waals surface area contributed by atoms with E-state index in [4.69, 9.17) is 0 Å². The average Bonchev–Trinajstić information content (AvgIpc) is 2.67. The first kappa shape index (κ1) is 20.1. The molecule has 2 aromatic carbocycles. The van der Waals surface area contributed by atoms with Gasteiger partial charge in [0.1, 0.15) is 5.82 Å². The Balaban J connectivity index is 1.47. The summed E-state index contributed by atoms with van der Waals surface area (Å²) < 4.78 is 52.0. The predicted molar refractivity (Wildman–Crippen MR) is 99.7 cm³/mol. The molecule has 3 rings (SSSR count). The van der Waals surface area contributed by atoms with Gasteiger partial charge in [0.2, 0.25) is 5.91 Å². The van der Waals surface area contributed by atoms with E-state index < -0.39 is 17.6 Å². The Morgan fingerprint density at radius 3 is 2.25 bits per heavy atom. The molecule has 1 aliphatic rings. The van der Waals surface area contributed by atoms with Crippen molar-refractivity contribution in [1.82, 2.24) is 4.90 Å². The number of piperazine rings is 1. The first-order valence-corrected chi connectivity index (χ1v) is 9.02. The Morgan fingerprint density at radius 2 is 1.61 bits per heavy atom. The lowest BCUT2D eigenvalue weighted by Crippen LogP contribution is -2.47. The molecule has 0 aliphatic carbocycles. The molecule has 1 aliphatic heterocycles. The second-order valence-corrected chi connectivity index (χ2v) is 6.65.